The molecular weight excluding hydrogens is 388 g/mol. The van der Waals surface area contributed by atoms with Gasteiger partial charge in [-0.3, -0.25) is 19.0 Å². The van der Waals surface area contributed by atoms with E-state index in [4.69, 9.17) is 4.74 Å². The van der Waals surface area contributed by atoms with Gasteiger partial charge in [-0.1, -0.05) is 6.92 Å². The molecule has 0 fully saturated rings. The molecule has 156 valence electrons. The van der Waals surface area contributed by atoms with E-state index >= 15 is 0 Å². The maximum absolute atomic E-state index is 13.1. The molecule has 3 rings (SSSR count). The normalized spacial score (nSPS) is 10.8. The largest absolute Gasteiger partial charge is 0.495 e. The Balaban J connectivity index is 2.01. The number of hydrogen-bond acceptors (Lipinski definition) is 6. The number of ketones is 1. The van der Waals surface area contributed by atoms with Crippen LogP contribution in [0.2, 0.25) is 0 Å². The number of fused-ring (bicyclic) bond motifs is 1. The number of rotatable bonds is 6. The van der Waals surface area contributed by atoms with E-state index in [1.165, 1.54) is 25.6 Å². The van der Waals surface area contributed by atoms with Crippen molar-refractivity contribution in [3.8, 4) is 5.75 Å². The molecule has 3 aromatic rings. The second-order valence-corrected chi connectivity index (χ2v) is 6.78. The van der Waals surface area contributed by atoms with E-state index in [2.05, 4.69) is 10.3 Å². The number of nitrogens with zero attached hydrogens (tertiary/aromatic N) is 3. The van der Waals surface area contributed by atoms with E-state index in [0.29, 0.717) is 23.4 Å². The topological polar surface area (TPSA) is 112 Å². The summed E-state index contributed by atoms with van der Waals surface area (Å²) in [5.74, 6) is -0.298. The maximum Gasteiger partial charge on any atom is 0.332 e. The van der Waals surface area contributed by atoms with Crippen LogP contribution in [-0.2, 0) is 24.8 Å². The van der Waals surface area contributed by atoms with Gasteiger partial charge in [-0.2, -0.15) is 0 Å². The van der Waals surface area contributed by atoms with Crippen LogP contribution in [0.15, 0.2) is 40.1 Å². The van der Waals surface area contributed by atoms with Gasteiger partial charge in [0.1, 0.15) is 17.7 Å². The first-order chi connectivity index (χ1) is 14.3. The number of anilines is 1. The highest BCUT2D eigenvalue weighted by Crippen LogP contribution is 2.25. The van der Waals surface area contributed by atoms with E-state index in [0.717, 1.165) is 10.1 Å². The van der Waals surface area contributed by atoms with Crippen LogP contribution in [0.25, 0.3) is 11.0 Å². The minimum Gasteiger partial charge on any atom is -0.495 e. The molecule has 0 saturated heterocycles. The average molecular weight is 410 g/mol. The predicted molar refractivity (Wildman–Crippen MR) is 112 cm³/mol. The van der Waals surface area contributed by atoms with Crippen LogP contribution in [-0.4, -0.2) is 32.9 Å². The molecule has 1 amide bonds. The standard InChI is InChI=1S/C21H22N4O5/c1-5-13-10-22-19-17(18(13)30-4)20(28)25(21(29)24(19)3)11-16(27)23-15-8-6-14(7-9-15)12(2)26/h6-10H,5,11H2,1-4H3,(H,23,27). The number of hydrogen-bond donors (Lipinski definition) is 1. The fourth-order valence-corrected chi connectivity index (χ4v) is 3.22. The van der Waals surface area contributed by atoms with Crippen molar-refractivity contribution in [2.45, 2.75) is 26.8 Å². The Hall–Kier alpha value is -3.75. The van der Waals surface area contributed by atoms with Gasteiger partial charge in [0, 0.05) is 30.1 Å². The second kappa shape index (κ2) is 8.32. The first-order valence-electron chi connectivity index (χ1n) is 9.34. The number of methoxy groups -OCH3 is 1. The summed E-state index contributed by atoms with van der Waals surface area (Å²) in [6.45, 7) is 2.87. The summed E-state index contributed by atoms with van der Waals surface area (Å²) in [5, 5.41) is 2.78. The molecule has 2 aromatic heterocycles. The van der Waals surface area contributed by atoms with Crippen LogP contribution in [0, 0.1) is 0 Å². The molecule has 0 bridgehead atoms. The fourth-order valence-electron chi connectivity index (χ4n) is 3.22. The summed E-state index contributed by atoms with van der Waals surface area (Å²) in [4.78, 5) is 53.8. The number of benzene rings is 1. The number of amides is 1. The van der Waals surface area contributed by atoms with Gasteiger partial charge in [0.05, 0.1) is 7.11 Å². The lowest BCUT2D eigenvalue weighted by Gasteiger charge is -2.14. The van der Waals surface area contributed by atoms with Crippen LogP contribution in [0.1, 0.15) is 29.8 Å². The SMILES string of the molecule is CCc1cnc2c(c1OC)c(=O)n(CC(=O)Nc1ccc(C(C)=O)cc1)c(=O)n2C. The van der Waals surface area contributed by atoms with Crippen molar-refractivity contribution in [3.63, 3.8) is 0 Å². The predicted octanol–water partition coefficient (Wildman–Crippen LogP) is 1.51. The van der Waals surface area contributed by atoms with Crippen LogP contribution < -0.4 is 21.3 Å². The Labute approximate surface area is 171 Å². The summed E-state index contributed by atoms with van der Waals surface area (Å²) in [7, 11) is 2.93. The molecule has 0 aliphatic rings. The van der Waals surface area contributed by atoms with Crippen molar-refractivity contribution in [3.05, 3.63) is 62.4 Å². The Morgan fingerprint density at radius 3 is 2.40 bits per heavy atom. The van der Waals surface area contributed by atoms with Crippen LogP contribution >= 0.6 is 0 Å². The molecule has 9 heteroatoms. The van der Waals surface area contributed by atoms with E-state index in [-0.39, 0.29) is 16.8 Å². The van der Waals surface area contributed by atoms with Crippen LogP contribution in [0.3, 0.4) is 0 Å². The first-order valence-corrected chi connectivity index (χ1v) is 9.34. The number of Topliss-reactive ketones (excluding diaryl/α,β-unsaturated/α-hetero) is 1. The molecule has 0 aliphatic heterocycles. The highest BCUT2D eigenvalue weighted by molar-refractivity contribution is 5.95. The molecule has 9 nitrogen and oxygen atoms in total. The smallest absolute Gasteiger partial charge is 0.332 e. The van der Waals surface area contributed by atoms with Crippen molar-refractivity contribution >= 4 is 28.4 Å². The molecule has 0 spiro atoms. The van der Waals surface area contributed by atoms with Crippen molar-refractivity contribution in [2.75, 3.05) is 12.4 Å². The second-order valence-electron chi connectivity index (χ2n) is 6.78. The van der Waals surface area contributed by atoms with Gasteiger partial charge in [-0.15, -0.1) is 0 Å². The minimum absolute atomic E-state index is 0.0897. The van der Waals surface area contributed by atoms with Gasteiger partial charge in [0.15, 0.2) is 11.4 Å². The number of aromatic nitrogens is 3. The number of nitrogens with one attached hydrogen (secondary N) is 1. The monoisotopic (exact) mass is 410 g/mol. The highest BCUT2D eigenvalue weighted by Gasteiger charge is 2.20. The number of aryl methyl sites for hydroxylation is 2. The molecular formula is C21H22N4O5. The zero-order valence-corrected chi connectivity index (χ0v) is 17.2. The minimum atomic E-state index is -0.659. The molecule has 1 N–H and O–H groups in total. The Morgan fingerprint density at radius 1 is 1.17 bits per heavy atom. The summed E-state index contributed by atoms with van der Waals surface area (Å²) in [6.07, 6.45) is 2.16. The van der Waals surface area contributed by atoms with E-state index in [1.54, 1.807) is 30.5 Å². The number of carbonyl (C=O) groups is 2. The number of pyridine rings is 1. The van der Waals surface area contributed by atoms with Gasteiger partial charge < -0.3 is 10.1 Å². The molecule has 1 aromatic carbocycles. The van der Waals surface area contributed by atoms with Crippen LogP contribution in [0.5, 0.6) is 5.75 Å². The average Bonchev–Trinajstić information content (AvgIpc) is 2.74. The zero-order valence-electron chi connectivity index (χ0n) is 17.2. The van der Waals surface area contributed by atoms with Crippen molar-refractivity contribution in [2.24, 2.45) is 7.05 Å². The van der Waals surface area contributed by atoms with Crippen molar-refractivity contribution in [1.82, 2.24) is 14.1 Å². The Kier molecular flexibility index (Phi) is 5.81. The summed E-state index contributed by atoms with van der Waals surface area (Å²) in [5.41, 5.74) is 0.572. The van der Waals surface area contributed by atoms with E-state index < -0.39 is 23.7 Å². The Bertz CT molecular complexity index is 1260. The molecule has 0 unspecified atom stereocenters. The van der Waals surface area contributed by atoms with Gasteiger partial charge >= 0.3 is 5.69 Å². The fraction of sp³-hybridized carbons (Fsp3) is 0.286. The summed E-state index contributed by atoms with van der Waals surface area (Å²) < 4.78 is 7.48. The zero-order chi connectivity index (χ0) is 22.0. The van der Waals surface area contributed by atoms with E-state index in [1.807, 2.05) is 6.92 Å². The third kappa shape index (κ3) is 3.73. The molecule has 0 atom stereocenters. The molecule has 0 saturated carbocycles. The van der Waals surface area contributed by atoms with E-state index in [9.17, 15) is 19.2 Å². The number of carbonyl (C=O) groups excluding carboxylic acids is 2. The van der Waals surface area contributed by atoms with Gasteiger partial charge in [0.25, 0.3) is 5.56 Å². The van der Waals surface area contributed by atoms with Gasteiger partial charge in [-0.25, -0.2) is 14.3 Å². The van der Waals surface area contributed by atoms with Crippen LogP contribution in [0.4, 0.5) is 5.69 Å². The summed E-state index contributed by atoms with van der Waals surface area (Å²) in [6, 6.07) is 6.33. The van der Waals surface area contributed by atoms with Crippen molar-refractivity contribution < 1.29 is 14.3 Å². The lowest BCUT2D eigenvalue weighted by Crippen LogP contribution is -2.42. The molecule has 30 heavy (non-hydrogen) atoms. The van der Waals surface area contributed by atoms with Crippen molar-refractivity contribution in [1.29, 1.82) is 0 Å². The molecule has 0 radical (unpaired) electrons. The number of ether oxygens (including phenoxy) is 1. The molecule has 0 aliphatic carbocycles. The Morgan fingerprint density at radius 2 is 1.83 bits per heavy atom. The van der Waals surface area contributed by atoms with Gasteiger partial charge in [0.2, 0.25) is 5.91 Å². The third-order valence-corrected chi connectivity index (χ3v) is 4.84. The summed E-state index contributed by atoms with van der Waals surface area (Å²) >= 11 is 0. The lowest BCUT2D eigenvalue weighted by atomic mass is 10.1. The first kappa shape index (κ1) is 21.0. The lowest BCUT2D eigenvalue weighted by molar-refractivity contribution is -0.116. The highest BCUT2D eigenvalue weighted by atomic mass is 16.5. The maximum atomic E-state index is 13.1. The quantitative estimate of drug-likeness (QED) is 0.617. The third-order valence-electron chi connectivity index (χ3n) is 4.84. The van der Waals surface area contributed by atoms with Gasteiger partial charge in [-0.05, 0) is 37.6 Å². The molecule has 2 heterocycles.